The lowest BCUT2D eigenvalue weighted by atomic mass is 9.98. The van der Waals surface area contributed by atoms with Gasteiger partial charge < -0.3 is 4.90 Å². The Morgan fingerprint density at radius 1 is 1.10 bits per heavy atom. The Kier molecular flexibility index (Phi) is 3.68. The first-order valence-corrected chi connectivity index (χ1v) is 7.30. The minimum atomic E-state index is -0.0949. The molecule has 2 aliphatic rings. The molecule has 0 radical (unpaired) electrons. The van der Waals surface area contributed by atoms with Crippen LogP contribution in [0.5, 0.6) is 0 Å². The number of carbonyl (C=O) groups is 3. The van der Waals surface area contributed by atoms with Crippen LogP contribution in [0.4, 0.5) is 0 Å². The molecule has 21 heavy (non-hydrogen) atoms. The van der Waals surface area contributed by atoms with Gasteiger partial charge in [-0.15, -0.1) is 0 Å². The number of nitrogens with zero attached hydrogens (tertiary/aromatic N) is 2. The van der Waals surface area contributed by atoms with Crippen molar-refractivity contribution in [2.24, 2.45) is 5.92 Å². The van der Waals surface area contributed by atoms with Gasteiger partial charge in [0.15, 0.2) is 0 Å². The predicted octanol–water partition coefficient (Wildman–Crippen LogP) is 1.56. The van der Waals surface area contributed by atoms with E-state index in [1.807, 2.05) is 0 Å². The van der Waals surface area contributed by atoms with Crippen molar-refractivity contribution in [3.05, 3.63) is 34.9 Å². The van der Waals surface area contributed by atoms with Gasteiger partial charge in [0.05, 0.1) is 0 Å². The van der Waals surface area contributed by atoms with Gasteiger partial charge in [-0.05, 0) is 24.3 Å². The van der Waals surface area contributed by atoms with Gasteiger partial charge >= 0.3 is 0 Å². The molecule has 110 valence electrons. The molecular formula is C15H15ClN2O3. The van der Waals surface area contributed by atoms with Crippen LogP contribution in [0.15, 0.2) is 24.3 Å². The summed E-state index contributed by atoms with van der Waals surface area (Å²) in [5.74, 6) is -0.0424. The summed E-state index contributed by atoms with van der Waals surface area (Å²) in [5, 5.41) is 0.596. The largest absolute Gasteiger partial charge is 0.338 e. The van der Waals surface area contributed by atoms with Crippen molar-refractivity contribution < 1.29 is 14.4 Å². The minimum absolute atomic E-state index is 0.0398. The number of amides is 3. The van der Waals surface area contributed by atoms with E-state index in [0.29, 0.717) is 43.1 Å². The Hall–Kier alpha value is -1.88. The number of imide groups is 1. The van der Waals surface area contributed by atoms with Crippen molar-refractivity contribution in [1.29, 1.82) is 0 Å². The first kappa shape index (κ1) is 14.1. The number of likely N-dealkylation sites (tertiary alicyclic amines) is 2. The standard InChI is InChI=1S/C15H15ClN2O3/c16-12-3-1-11(2-4-12)15(21)17-7-10(8-17)9-18-13(19)5-6-14(18)20/h1-4,10H,5-9H2. The van der Waals surface area contributed by atoms with Crippen molar-refractivity contribution >= 4 is 29.3 Å². The minimum Gasteiger partial charge on any atom is -0.338 e. The molecule has 1 aromatic carbocycles. The summed E-state index contributed by atoms with van der Waals surface area (Å²) >= 11 is 5.80. The monoisotopic (exact) mass is 306 g/mol. The zero-order valence-corrected chi connectivity index (χ0v) is 12.2. The third-order valence-electron chi connectivity index (χ3n) is 3.93. The van der Waals surface area contributed by atoms with Crippen molar-refractivity contribution in [2.75, 3.05) is 19.6 Å². The van der Waals surface area contributed by atoms with E-state index in [4.69, 9.17) is 11.6 Å². The molecule has 0 spiro atoms. The molecular weight excluding hydrogens is 292 g/mol. The van der Waals surface area contributed by atoms with E-state index in [-0.39, 0.29) is 23.6 Å². The van der Waals surface area contributed by atoms with Crippen LogP contribution in [0.25, 0.3) is 0 Å². The molecule has 0 aliphatic carbocycles. The maximum absolute atomic E-state index is 12.2. The summed E-state index contributed by atoms with van der Waals surface area (Å²) in [4.78, 5) is 38.3. The van der Waals surface area contributed by atoms with Crippen LogP contribution in [0.2, 0.25) is 5.02 Å². The molecule has 2 aliphatic heterocycles. The van der Waals surface area contributed by atoms with E-state index in [1.54, 1.807) is 29.2 Å². The molecule has 0 unspecified atom stereocenters. The van der Waals surface area contributed by atoms with Gasteiger partial charge in [-0.2, -0.15) is 0 Å². The Labute approximate surface area is 127 Å². The normalized spacial score (nSPS) is 19.1. The lowest BCUT2D eigenvalue weighted by Gasteiger charge is -2.40. The van der Waals surface area contributed by atoms with Crippen LogP contribution < -0.4 is 0 Å². The van der Waals surface area contributed by atoms with Crippen molar-refractivity contribution in [3.8, 4) is 0 Å². The fourth-order valence-corrected chi connectivity index (χ4v) is 2.84. The van der Waals surface area contributed by atoms with E-state index >= 15 is 0 Å². The first-order valence-electron chi connectivity index (χ1n) is 6.92. The van der Waals surface area contributed by atoms with Gasteiger partial charge in [0.1, 0.15) is 0 Å². The summed E-state index contributed by atoms with van der Waals surface area (Å²) < 4.78 is 0. The third kappa shape index (κ3) is 2.78. The van der Waals surface area contributed by atoms with Crippen LogP contribution in [-0.2, 0) is 9.59 Å². The molecule has 3 amide bonds. The fraction of sp³-hybridized carbons (Fsp3) is 0.400. The molecule has 6 heteroatoms. The van der Waals surface area contributed by atoms with E-state index in [1.165, 1.54) is 4.90 Å². The summed E-state index contributed by atoms with van der Waals surface area (Å²) in [5.41, 5.74) is 0.603. The van der Waals surface area contributed by atoms with Crippen LogP contribution >= 0.6 is 11.6 Å². The lowest BCUT2D eigenvalue weighted by molar-refractivity contribution is -0.139. The SMILES string of the molecule is O=C(c1ccc(Cl)cc1)N1CC(CN2C(=O)CCC2=O)C1. The second-order valence-electron chi connectivity index (χ2n) is 5.48. The van der Waals surface area contributed by atoms with Gasteiger partial charge in [-0.1, -0.05) is 11.6 Å². The highest BCUT2D eigenvalue weighted by molar-refractivity contribution is 6.30. The number of benzene rings is 1. The quantitative estimate of drug-likeness (QED) is 0.796. The molecule has 2 saturated heterocycles. The Bertz CT molecular complexity index is 577. The van der Waals surface area contributed by atoms with Crippen LogP contribution in [0.1, 0.15) is 23.2 Å². The highest BCUT2D eigenvalue weighted by Gasteiger charge is 2.37. The molecule has 0 saturated carbocycles. The summed E-state index contributed by atoms with van der Waals surface area (Å²) in [7, 11) is 0. The molecule has 3 rings (SSSR count). The molecule has 0 atom stereocenters. The highest BCUT2D eigenvalue weighted by atomic mass is 35.5. The average molecular weight is 307 g/mol. The van der Waals surface area contributed by atoms with Gasteiger partial charge in [-0.25, -0.2) is 0 Å². The molecule has 2 heterocycles. The maximum atomic E-state index is 12.2. The van der Waals surface area contributed by atoms with E-state index in [9.17, 15) is 14.4 Å². The summed E-state index contributed by atoms with van der Waals surface area (Å²) in [6, 6.07) is 6.78. The summed E-state index contributed by atoms with van der Waals surface area (Å²) in [6.45, 7) is 1.60. The molecule has 2 fully saturated rings. The van der Waals surface area contributed by atoms with Crippen molar-refractivity contribution in [2.45, 2.75) is 12.8 Å². The van der Waals surface area contributed by atoms with Gasteiger partial charge in [0.2, 0.25) is 11.8 Å². The maximum Gasteiger partial charge on any atom is 0.253 e. The van der Waals surface area contributed by atoms with Crippen molar-refractivity contribution in [3.63, 3.8) is 0 Å². The van der Waals surface area contributed by atoms with E-state index in [0.717, 1.165) is 0 Å². The number of rotatable bonds is 3. The topological polar surface area (TPSA) is 57.7 Å². The zero-order chi connectivity index (χ0) is 15.0. The number of hydrogen-bond acceptors (Lipinski definition) is 3. The number of carbonyl (C=O) groups excluding carboxylic acids is 3. The first-order chi connectivity index (χ1) is 10.0. The van der Waals surface area contributed by atoms with E-state index < -0.39 is 0 Å². The second-order valence-corrected chi connectivity index (χ2v) is 5.92. The van der Waals surface area contributed by atoms with Gasteiger partial charge in [0, 0.05) is 49.0 Å². The lowest BCUT2D eigenvalue weighted by Crippen LogP contribution is -2.54. The number of halogens is 1. The number of hydrogen-bond donors (Lipinski definition) is 0. The van der Waals surface area contributed by atoms with Crippen LogP contribution in [0, 0.1) is 5.92 Å². The Balaban J connectivity index is 1.53. The Morgan fingerprint density at radius 3 is 2.24 bits per heavy atom. The molecule has 0 aromatic heterocycles. The zero-order valence-electron chi connectivity index (χ0n) is 11.4. The Morgan fingerprint density at radius 2 is 1.67 bits per heavy atom. The van der Waals surface area contributed by atoms with E-state index in [2.05, 4.69) is 0 Å². The molecule has 1 aromatic rings. The van der Waals surface area contributed by atoms with Crippen LogP contribution in [0.3, 0.4) is 0 Å². The van der Waals surface area contributed by atoms with Crippen molar-refractivity contribution in [1.82, 2.24) is 9.80 Å². The highest BCUT2D eigenvalue weighted by Crippen LogP contribution is 2.23. The fourth-order valence-electron chi connectivity index (χ4n) is 2.71. The van der Waals surface area contributed by atoms with Crippen LogP contribution in [-0.4, -0.2) is 47.2 Å². The smallest absolute Gasteiger partial charge is 0.253 e. The summed E-state index contributed by atoms with van der Waals surface area (Å²) in [6.07, 6.45) is 0.637. The van der Waals surface area contributed by atoms with Gasteiger partial charge in [-0.3, -0.25) is 19.3 Å². The molecule has 0 N–H and O–H groups in total. The predicted molar refractivity (Wildman–Crippen MR) is 76.8 cm³/mol. The molecule has 0 bridgehead atoms. The van der Waals surface area contributed by atoms with Gasteiger partial charge in [0.25, 0.3) is 5.91 Å². The average Bonchev–Trinajstić information content (AvgIpc) is 2.73. The molecule has 5 nitrogen and oxygen atoms in total. The third-order valence-corrected chi connectivity index (χ3v) is 4.18. The second kappa shape index (κ2) is 5.48.